The van der Waals surface area contributed by atoms with Crippen LogP contribution in [0.15, 0.2) is 0 Å². The Hall–Kier alpha value is -1.10. The highest BCUT2D eigenvalue weighted by Crippen LogP contribution is 2.61. The van der Waals surface area contributed by atoms with Gasteiger partial charge in [0.15, 0.2) is 0 Å². The van der Waals surface area contributed by atoms with Crippen molar-refractivity contribution in [2.45, 2.75) is 44.9 Å². The summed E-state index contributed by atoms with van der Waals surface area (Å²) in [6.07, 6.45) is 8.63. The molecular formula is C20H31N3O2. The number of nitrogens with one attached hydrogen (secondary N) is 2. The number of amides is 2. The first-order valence-electron chi connectivity index (χ1n) is 10.3. The standard InChI is InChI=1S/C20H31N3O2/c24-18(7-20-4-13-1-14(5-20)3-15(2-13)6-20)22-10-19(25)23-11-16-8-21-9-17(16)12-23/h13-17,21H,1-12H2,(H,22,24)/t13?,14?,15?,16-,17+,20?. The summed E-state index contributed by atoms with van der Waals surface area (Å²) in [7, 11) is 0. The number of likely N-dealkylation sites (tertiary alicyclic amines) is 1. The van der Waals surface area contributed by atoms with E-state index in [2.05, 4.69) is 10.6 Å². The summed E-state index contributed by atoms with van der Waals surface area (Å²) < 4.78 is 0. The van der Waals surface area contributed by atoms with Gasteiger partial charge in [-0.25, -0.2) is 0 Å². The second kappa shape index (κ2) is 5.97. The first-order valence-corrected chi connectivity index (χ1v) is 10.3. The topological polar surface area (TPSA) is 61.4 Å². The van der Waals surface area contributed by atoms with E-state index in [1.54, 1.807) is 0 Å². The molecule has 138 valence electrons. The van der Waals surface area contributed by atoms with Crippen LogP contribution < -0.4 is 10.6 Å². The highest BCUT2D eigenvalue weighted by molar-refractivity contribution is 5.85. The minimum Gasteiger partial charge on any atom is -0.347 e. The molecule has 0 spiro atoms. The lowest BCUT2D eigenvalue weighted by atomic mass is 9.49. The van der Waals surface area contributed by atoms with E-state index in [-0.39, 0.29) is 23.8 Å². The van der Waals surface area contributed by atoms with Crippen molar-refractivity contribution in [2.75, 3.05) is 32.7 Å². The Kier molecular flexibility index (Phi) is 3.84. The van der Waals surface area contributed by atoms with Gasteiger partial charge in [0, 0.05) is 32.6 Å². The van der Waals surface area contributed by atoms with E-state index >= 15 is 0 Å². The van der Waals surface area contributed by atoms with Gasteiger partial charge in [0.2, 0.25) is 11.8 Å². The fraction of sp³-hybridized carbons (Fsp3) is 0.900. The third-order valence-electron chi connectivity index (χ3n) is 7.88. The van der Waals surface area contributed by atoms with E-state index in [4.69, 9.17) is 0 Å². The van der Waals surface area contributed by atoms with Crippen molar-refractivity contribution in [1.29, 1.82) is 0 Å². The maximum Gasteiger partial charge on any atom is 0.241 e. The molecule has 6 rings (SSSR count). The van der Waals surface area contributed by atoms with Crippen LogP contribution in [0.5, 0.6) is 0 Å². The van der Waals surface area contributed by atoms with Crippen LogP contribution in [-0.2, 0) is 9.59 Å². The highest BCUT2D eigenvalue weighted by atomic mass is 16.2. The third kappa shape index (κ3) is 2.98. The van der Waals surface area contributed by atoms with Gasteiger partial charge in [-0.15, -0.1) is 0 Å². The van der Waals surface area contributed by atoms with Crippen molar-refractivity contribution in [1.82, 2.24) is 15.5 Å². The average Bonchev–Trinajstić information content (AvgIpc) is 3.12. The zero-order valence-electron chi connectivity index (χ0n) is 15.1. The highest BCUT2D eigenvalue weighted by Gasteiger charge is 2.51. The molecular weight excluding hydrogens is 314 g/mol. The Morgan fingerprint density at radius 2 is 1.52 bits per heavy atom. The largest absolute Gasteiger partial charge is 0.347 e. The molecule has 0 aromatic rings. The Labute approximate surface area is 150 Å². The number of rotatable bonds is 4. The Morgan fingerprint density at radius 3 is 2.08 bits per heavy atom. The molecule has 6 fully saturated rings. The Morgan fingerprint density at radius 1 is 0.960 bits per heavy atom. The molecule has 2 heterocycles. The molecule has 4 saturated carbocycles. The summed E-state index contributed by atoms with van der Waals surface area (Å²) in [5.74, 6) is 4.07. The molecule has 6 aliphatic rings. The number of hydrogen-bond donors (Lipinski definition) is 2. The lowest BCUT2D eigenvalue weighted by molar-refractivity contribution is -0.135. The van der Waals surface area contributed by atoms with Crippen LogP contribution in [0.4, 0.5) is 0 Å². The van der Waals surface area contributed by atoms with E-state index in [0.29, 0.717) is 18.3 Å². The van der Waals surface area contributed by atoms with E-state index in [0.717, 1.165) is 43.9 Å². The molecule has 5 nitrogen and oxygen atoms in total. The maximum absolute atomic E-state index is 12.6. The molecule has 2 amide bonds. The quantitative estimate of drug-likeness (QED) is 0.809. The van der Waals surface area contributed by atoms with Gasteiger partial charge in [0.25, 0.3) is 0 Å². The van der Waals surface area contributed by atoms with E-state index < -0.39 is 0 Å². The van der Waals surface area contributed by atoms with Gasteiger partial charge >= 0.3 is 0 Å². The second-order valence-corrected chi connectivity index (χ2v) is 9.85. The molecule has 0 aromatic carbocycles. The van der Waals surface area contributed by atoms with Gasteiger partial charge in [-0.1, -0.05) is 0 Å². The Bertz CT molecular complexity index is 528. The molecule has 4 bridgehead atoms. The predicted molar refractivity (Wildman–Crippen MR) is 94.7 cm³/mol. The minimum atomic E-state index is 0.105. The molecule has 5 heteroatoms. The van der Waals surface area contributed by atoms with E-state index in [1.165, 1.54) is 38.5 Å². The van der Waals surface area contributed by atoms with Gasteiger partial charge < -0.3 is 15.5 Å². The van der Waals surface area contributed by atoms with Crippen molar-refractivity contribution in [3.8, 4) is 0 Å². The fourth-order valence-corrected chi connectivity index (χ4v) is 7.25. The van der Waals surface area contributed by atoms with Crippen LogP contribution in [0.1, 0.15) is 44.9 Å². The summed E-state index contributed by atoms with van der Waals surface area (Å²) in [6.45, 7) is 3.99. The fourth-order valence-electron chi connectivity index (χ4n) is 7.25. The number of fused-ring (bicyclic) bond motifs is 1. The van der Waals surface area contributed by atoms with Crippen LogP contribution >= 0.6 is 0 Å². The molecule has 4 aliphatic carbocycles. The molecule has 25 heavy (non-hydrogen) atoms. The van der Waals surface area contributed by atoms with E-state index in [9.17, 15) is 9.59 Å². The summed E-state index contributed by atoms with van der Waals surface area (Å²) in [5, 5.41) is 6.35. The zero-order chi connectivity index (χ0) is 17.0. The SMILES string of the molecule is O=C(CC12CC3CC(CC(C3)C1)C2)NCC(=O)N1C[C@H]2CNC[C@H]2C1. The first-order chi connectivity index (χ1) is 12.1. The number of carbonyl (C=O) groups excluding carboxylic acids is 2. The monoisotopic (exact) mass is 345 g/mol. The minimum absolute atomic E-state index is 0.105. The molecule has 2 N–H and O–H groups in total. The average molecular weight is 345 g/mol. The molecule has 0 aromatic heterocycles. The predicted octanol–water partition coefficient (Wildman–Crippen LogP) is 1.39. The van der Waals surface area contributed by atoms with Crippen molar-refractivity contribution in [3.05, 3.63) is 0 Å². The number of nitrogens with zero attached hydrogens (tertiary/aromatic N) is 1. The molecule has 0 unspecified atom stereocenters. The normalized spacial score (nSPS) is 44.2. The van der Waals surface area contributed by atoms with Crippen molar-refractivity contribution in [3.63, 3.8) is 0 Å². The van der Waals surface area contributed by atoms with Gasteiger partial charge in [0.1, 0.15) is 0 Å². The summed E-state index contributed by atoms with van der Waals surface area (Å²) in [5.41, 5.74) is 0.262. The van der Waals surface area contributed by atoms with Crippen molar-refractivity contribution < 1.29 is 9.59 Å². The smallest absolute Gasteiger partial charge is 0.241 e. The lowest BCUT2D eigenvalue weighted by Gasteiger charge is -2.56. The van der Waals surface area contributed by atoms with Crippen LogP contribution in [0.3, 0.4) is 0 Å². The van der Waals surface area contributed by atoms with Crippen LogP contribution in [0, 0.1) is 35.0 Å². The van der Waals surface area contributed by atoms with Crippen molar-refractivity contribution in [2.24, 2.45) is 35.0 Å². The molecule has 2 atom stereocenters. The van der Waals surface area contributed by atoms with Crippen LogP contribution in [0.2, 0.25) is 0 Å². The number of carbonyl (C=O) groups is 2. The van der Waals surface area contributed by atoms with Gasteiger partial charge in [-0.05, 0) is 73.5 Å². The summed E-state index contributed by atoms with van der Waals surface area (Å²) in [4.78, 5) is 26.9. The summed E-state index contributed by atoms with van der Waals surface area (Å²) in [6, 6.07) is 0. The molecule has 2 aliphatic heterocycles. The summed E-state index contributed by atoms with van der Waals surface area (Å²) >= 11 is 0. The first kappa shape index (κ1) is 16.1. The van der Waals surface area contributed by atoms with Crippen LogP contribution in [-0.4, -0.2) is 49.4 Å². The lowest BCUT2D eigenvalue weighted by Crippen LogP contribution is -2.48. The molecule has 0 radical (unpaired) electrons. The van der Waals surface area contributed by atoms with Crippen molar-refractivity contribution >= 4 is 11.8 Å². The maximum atomic E-state index is 12.6. The number of hydrogen-bond acceptors (Lipinski definition) is 3. The molecule has 2 saturated heterocycles. The van der Waals surface area contributed by atoms with Crippen LogP contribution in [0.25, 0.3) is 0 Å². The Balaban J connectivity index is 1.12. The zero-order valence-corrected chi connectivity index (χ0v) is 15.1. The van der Waals surface area contributed by atoms with Gasteiger partial charge in [0.05, 0.1) is 6.54 Å². The third-order valence-corrected chi connectivity index (χ3v) is 7.88. The van der Waals surface area contributed by atoms with Gasteiger partial charge in [-0.2, -0.15) is 0 Å². The van der Waals surface area contributed by atoms with E-state index in [1.807, 2.05) is 4.90 Å². The van der Waals surface area contributed by atoms with Gasteiger partial charge in [-0.3, -0.25) is 9.59 Å². The second-order valence-electron chi connectivity index (χ2n) is 9.85.